The molecule has 0 spiro atoms. The van der Waals surface area contributed by atoms with Gasteiger partial charge >= 0.3 is 0 Å². The Morgan fingerprint density at radius 3 is 2.71 bits per heavy atom. The monoisotopic (exact) mass is 308 g/mol. The van der Waals surface area contributed by atoms with Crippen molar-refractivity contribution in [1.29, 1.82) is 0 Å². The SMILES string of the molecule is CCc1nnc(NC(=O)[C@H](CC)Nc2ccccc2F)s1. The van der Waals surface area contributed by atoms with Crippen LogP contribution in [-0.4, -0.2) is 22.1 Å². The normalized spacial score (nSPS) is 12.0. The number of nitrogens with zero attached hydrogens (tertiary/aromatic N) is 2. The van der Waals surface area contributed by atoms with Gasteiger partial charge in [-0.2, -0.15) is 0 Å². The highest BCUT2D eigenvalue weighted by atomic mass is 32.1. The number of amides is 1. The topological polar surface area (TPSA) is 66.9 Å². The first kappa shape index (κ1) is 15.4. The van der Waals surface area contributed by atoms with Gasteiger partial charge in [0.05, 0.1) is 5.69 Å². The number of rotatable bonds is 6. The fraction of sp³-hybridized carbons (Fsp3) is 0.357. The van der Waals surface area contributed by atoms with E-state index in [2.05, 4.69) is 20.8 Å². The fourth-order valence-corrected chi connectivity index (χ4v) is 2.44. The molecule has 1 amide bonds. The van der Waals surface area contributed by atoms with Gasteiger partial charge in [0, 0.05) is 0 Å². The molecule has 0 radical (unpaired) electrons. The van der Waals surface area contributed by atoms with Crippen LogP contribution in [0.5, 0.6) is 0 Å². The summed E-state index contributed by atoms with van der Waals surface area (Å²) in [5, 5.41) is 14.8. The molecule has 1 heterocycles. The van der Waals surface area contributed by atoms with Crippen LogP contribution in [0.15, 0.2) is 24.3 Å². The molecule has 2 rings (SSSR count). The van der Waals surface area contributed by atoms with E-state index in [1.165, 1.54) is 17.4 Å². The van der Waals surface area contributed by atoms with Crippen LogP contribution in [0.1, 0.15) is 25.3 Å². The number of hydrogen-bond acceptors (Lipinski definition) is 5. The molecule has 2 N–H and O–H groups in total. The van der Waals surface area contributed by atoms with Gasteiger partial charge in [0.15, 0.2) is 0 Å². The Balaban J connectivity index is 2.03. The fourth-order valence-electron chi connectivity index (χ4n) is 1.76. The third-order valence-corrected chi connectivity index (χ3v) is 3.91. The number of halogens is 1. The number of para-hydroxylation sites is 1. The van der Waals surface area contributed by atoms with Gasteiger partial charge in [0.2, 0.25) is 11.0 Å². The second kappa shape index (κ2) is 7.12. The molecule has 7 heteroatoms. The summed E-state index contributed by atoms with van der Waals surface area (Å²) in [6.07, 6.45) is 1.30. The summed E-state index contributed by atoms with van der Waals surface area (Å²) in [7, 11) is 0. The molecule has 0 unspecified atom stereocenters. The van der Waals surface area contributed by atoms with E-state index in [9.17, 15) is 9.18 Å². The van der Waals surface area contributed by atoms with E-state index in [1.54, 1.807) is 18.2 Å². The number of carbonyl (C=O) groups excluding carboxylic acids is 1. The summed E-state index contributed by atoms with van der Waals surface area (Å²) >= 11 is 1.34. The minimum Gasteiger partial charge on any atom is -0.371 e. The lowest BCUT2D eigenvalue weighted by atomic mass is 10.2. The van der Waals surface area contributed by atoms with Crippen molar-refractivity contribution >= 4 is 28.1 Å². The summed E-state index contributed by atoms with van der Waals surface area (Å²) in [4.78, 5) is 12.2. The smallest absolute Gasteiger partial charge is 0.248 e. The lowest BCUT2D eigenvalue weighted by Crippen LogP contribution is -2.34. The Hall–Kier alpha value is -2.02. The molecule has 1 aromatic heterocycles. The molecule has 2 aromatic rings. The molecule has 112 valence electrons. The van der Waals surface area contributed by atoms with Gasteiger partial charge in [0.1, 0.15) is 16.9 Å². The summed E-state index contributed by atoms with van der Waals surface area (Å²) < 4.78 is 13.6. The van der Waals surface area contributed by atoms with E-state index in [4.69, 9.17) is 0 Å². The molecule has 0 aliphatic rings. The lowest BCUT2D eigenvalue weighted by molar-refractivity contribution is -0.117. The number of hydrogen-bond donors (Lipinski definition) is 2. The quantitative estimate of drug-likeness (QED) is 0.860. The molecule has 0 aliphatic heterocycles. The first-order valence-corrected chi connectivity index (χ1v) is 7.60. The van der Waals surface area contributed by atoms with Crippen molar-refractivity contribution in [2.24, 2.45) is 0 Å². The van der Waals surface area contributed by atoms with E-state index in [0.717, 1.165) is 11.4 Å². The average molecular weight is 308 g/mol. The molecular formula is C14H17FN4OS. The Morgan fingerprint density at radius 1 is 1.33 bits per heavy atom. The third kappa shape index (κ3) is 3.98. The predicted molar refractivity (Wildman–Crippen MR) is 82.0 cm³/mol. The standard InChI is InChI=1S/C14H17FN4OS/c1-3-10(16-11-8-6-5-7-9(11)15)13(20)17-14-19-18-12(4-2)21-14/h5-8,10,16H,3-4H2,1-2H3,(H,17,19,20)/t10-/m0/s1. The van der Waals surface area contributed by atoms with Crippen molar-refractivity contribution < 1.29 is 9.18 Å². The highest BCUT2D eigenvalue weighted by molar-refractivity contribution is 7.15. The van der Waals surface area contributed by atoms with Crippen molar-refractivity contribution in [3.8, 4) is 0 Å². The van der Waals surface area contributed by atoms with Crippen molar-refractivity contribution in [3.63, 3.8) is 0 Å². The molecule has 1 atom stereocenters. The molecule has 21 heavy (non-hydrogen) atoms. The van der Waals surface area contributed by atoms with Crippen molar-refractivity contribution in [2.75, 3.05) is 10.6 Å². The van der Waals surface area contributed by atoms with Gasteiger partial charge in [-0.15, -0.1) is 10.2 Å². The largest absolute Gasteiger partial charge is 0.371 e. The van der Waals surface area contributed by atoms with Gasteiger partial charge < -0.3 is 5.32 Å². The predicted octanol–water partition coefficient (Wildman–Crippen LogP) is 3.07. The van der Waals surface area contributed by atoms with E-state index in [1.807, 2.05) is 13.8 Å². The molecule has 0 saturated carbocycles. The summed E-state index contributed by atoms with van der Waals surface area (Å²) in [6.45, 7) is 3.83. The first-order chi connectivity index (χ1) is 10.1. The van der Waals surface area contributed by atoms with Gasteiger partial charge in [0.25, 0.3) is 0 Å². The summed E-state index contributed by atoms with van der Waals surface area (Å²) in [6, 6.07) is 5.75. The van der Waals surface area contributed by atoms with Crippen molar-refractivity contribution in [3.05, 3.63) is 35.1 Å². The first-order valence-electron chi connectivity index (χ1n) is 6.78. The van der Waals surface area contributed by atoms with Gasteiger partial charge in [-0.1, -0.05) is 37.3 Å². The molecule has 0 bridgehead atoms. The zero-order valence-electron chi connectivity index (χ0n) is 11.9. The number of aromatic nitrogens is 2. The van der Waals surface area contributed by atoms with Crippen molar-refractivity contribution in [1.82, 2.24) is 10.2 Å². The average Bonchev–Trinajstić information content (AvgIpc) is 2.94. The number of aryl methyl sites for hydroxylation is 1. The molecular weight excluding hydrogens is 291 g/mol. The highest BCUT2D eigenvalue weighted by Gasteiger charge is 2.19. The maximum absolute atomic E-state index is 13.6. The van der Waals surface area contributed by atoms with E-state index in [0.29, 0.717) is 17.2 Å². The zero-order chi connectivity index (χ0) is 15.2. The van der Waals surface area contributed by atoms with Crippen LogP contribution in [0.4, 0.5) is 15.2 Å². The van der Waals surface area contributed by atoms with Crippen LogP contribution in [0.2, 0.25) is 0 Å². The Morgan fingerprint density at radius 2 is 2.10 bits per heavy atom. The van der Waals surface area contributed by atoms with Gasteiger partial charge in [-0.25, -0.2) is 4.39 Å². The number of nitrogens with one attached hydrogen (secondary N) is 2. The van der Waals surface area contributed by atoms with Crippen molar-refractivity contribution in [2.45, 2.75) is 32.7 Å². The molecule has 0 fully saturated rings. The summed E-state index contributed by atoms with van der Waals surface area (Å²) in [5.74, 6) is -0.632. The molecule has 0 aliphatic carbocycles. The van der Waals surface area contributed by atoms with E-state index in [-0.39, 0.29) is 11.7 Å². The zero-order valence-corrected chi connectivity index (χ0v) is 12.7. The van der Waals surface area contributed by atoms with Gasteiger partial charge in [-0.3, -0.25) is 10.1 Å². The van der Waals surface area contributed by atoms with Crippen LogP contribution in [0, 0.1) is 5.82 Å². The minimum atomic E-state index is -0.532. The van der Waals surface area contributed by atoms with Crippen LogP contribution in [0.25, 0.3) is 0 Å². The number of carbonyl (C=O) groups is 1. The van der Waals surface area contributed by atoms with Crippen LogP contribution in [0.3, 0.4) is 0 Å². The van der Waals surface area contributed by atoms with Crippen LogP contribution in [-0.2, 0) is 11.2 Å². The minimum absolute atomic E-state index is 0.250. The Bertz CT molecular complexity index is 617. The molecule has 5 nitrogen and oxygen atoms in total. The van der Waals surface area contributed by atoms with Crippen LogP contribution >= 0.6 is 11.3 Å². The second-order valence-corrected chi connectivity index (χ2v) is 5.49. The maximum atomic E-state index is 13.6. The Kier molecular flexibility index (Phi) is 5.21. The van der Waals surface area contributed by atoms with E-state index >= 15 is 0 Å². The number of benzene rings is 1. The van der Waals surface area contributed by atoms with Gasteiger partial charge in [-0.05, 0) is 25.0 Å². The third-order valence-electron chi connectivity index (χ3n) is 2.93. The molecule has 0 saturated heterocycles. The summed E-state index contributed by atoms with van der Waals surface area (Å²) in [5.41, 5.74) is 0.311. The van der Waals surface area contributed by atoms with Crippen LogP contribution < -0.4 is 10.6 Å². The maximum Gasteiger partial charge on any atom is 0.248 e. The van der Waals surface area contributed by atoms with E-state index < -0.39 is 6.04 Å². The molecule has 1 aromatic carbocycles. The second-order valence-electron chi connectivity index (χ2n) is 4.43. The highest BCUT2D eigenvalue weighted by Crippen LogP contribution is 2.18. The number of anilines is 2. The lowest BCUT2D eigenvalue weighted by Gasteiger charge is -2.17. The Labute approximate surface area is 126 Å².